The van der Waals surface area contributed by atoms with Crippen molar-refractivity contribution >= 4 is 57.7 Å². The molecule has 1 atom stereocenters. The van der Waals surface area contributed by atoms with Crippen molar-refractivity contribution in [2.45, 2.75) is 12.5 Å². The molecule has 0 unspecified atom stereocenters. The van der Waals surface area contributed by atoms with Crippen LogP contribution in [0.25, 0.3) is 0 Å². The van der Waals surface area contributed by atoms with E-state index >= 15 is 0 Å². The monoisotopic (exact) mass is 425 g/mol. The van der Waals surface area contributed by atoms with Gasteiger partial charge in [0, 0.05) is 10.7 Å². The summed E-state index contributed by atoms with van der Waals surface area (Å²) < 4.78 is 0. The molecule has 0 aliphatic carbocycles. The molecule has 3 amide bonds. The zero-order chi connectivity index (χ0) is 20.4. The number of para-hydroxylation sites is 2. The lowest BCUT2D eigenvalue weighted by Gasteiger charge is -2.35. The van der Waals surface area contributed by atoms with E-state index in [-0.39, 0.29) is 12.3 Å². The highest BCUT2D eigenvalue weighted by molar-refractivity contribution is 7.12. The van der Waals surface area contributed by atoms with Crippen LogP contribution >= 0.6 is 22.9 Å². The fourth-order valence-corrected chi connectivity index (χ4v) is 4.05. The van der Waals surface area contributed by atoms with E-state index in [0.29, 0.717) is 27.0 Å². The Kier molecular flexibility index (Phi) is 5.33. The van der Waals surface area contributed by atoms with Crippen LogP contribution in [0.2, 0.25) is 5.02 Å². The van der Waals surface area contributed by atoms with Crippen LogP contribution in [0.4, 0.5) is 17.1 Å². The number of rotatable bonds is 4. The number of thiophene rings is 1. The van der Waals surface area contributed by atoms with Crippen LogP contribution in [0.5, 0.6) is 0 Å². The highest BCUT2D eigenvalue weighted by Gasteiger charge is 2.38. The lowest BCUT2D eigenvalue weighted by molar-refractivity contribution is -0.122. The van der Waals surface area contributed by atoms with Crippen molar-refractivity contribution in [3.05, 3.63) is 75.9 Å². The van der Waals surface area contributed by atoms with Gasteiger partial charge in [-0.3, -0.25) is 19.3 Å². The Morgan fingerprint density at radius 2 is 1.93 bits per heavy atom. The van der Waals surface area contributed by atoms with Crippen LogP contribution in [0.3, 0.4) is 0 Å². The third-order valence-electron chi connectivity index (χ3n) is 4.47. The molecule has 0 radical (unpaired) electrons. The Labute approximate surface area is 176 Å². The molecule has 0 saturated carbocycles. The van der Waals surface area contributed by atoms with Gasteiger partial charge in [-0.2, -0.15) is 0 Å². The number of benzene rings is 2. The highest BCUT2D eigenvalue weighted by Crippen LogP contribution is 2.34. The number of amides is 3. The van der Waals surface area contributed by atoms with Crippen molar-refractivity contribution in [1.82, 2.24) is 0 Å². The molecule has 2 aromatic carbocycles. The maximum absolute atomic E-state index is 13.2. The van der Waals surface area contributed by atoms with E-state index in [9.17, 15) is 14.4 Å². The molecule has 0 bridgehead atoms. The summed E-state index contributed by atoms with van der Waals surface area (Å²) in [4.78, 5) is 40.5. The molecule has 2 N–H and O–H groups in total. The van der Waals surface area contributed by atoms with Crippen LogP contribution in [-0.4, -0.2) is 23.8 Å². The quantitative estimate of drug-likeness (QED) is 0.650. The Bertz CT molecular complexity index is 1080. The molecule has 1 aliphatic heterocycles. The van der Waals surface area contributed by atoms with Gasteiger partial charge in [0.1, 0.15) is 6.04 Å². The van der Waals surface area contributed by atoms with Crippen molar-refractivity contribution in [3.63, 3.8) is 0 Å². The van der Waals surface area contributed by atoms with Crippen LogP contribution < -0.4 is 15.5 Å². The smallest absolute Gasteiger partial charge is 0.269 e. The molecule has 0 fully saturated rings. The normalized spacial score (nSPS) is 15.4. The van der Waals surface area contributed by atoms with Gasteiger partial charge in [0.25, 0.3) is 5.91 Å². The molecule has 3 aromatic rings. The van der Waals surface area contributed by atoms with Gasteiger partial charge in [0.15, 0.2) is 0 Å². The van der Waals surface area contributed by atoms with Crippen molar-refractivity contribution in [2.24, 2.45) is 0 Å². The van der Waals surface area contributed by atoms with Gasteiger partial charge in [-0.1, -0.05) is 35.9 Å². The predicted molar refractivity (Wildman–Crippen MR) is 115 cm³/mol. The van der Waals surface area contributed by atoms with Gasteiger partial charge in [-0.25, -0.2) is 0 Å². The van der Waals surface area contributed by atoms with Crippen LogP contribution in [0, 0.1) is 0 Å². The van der Waals surface area contributed by atoms with E-state index in [4.69, 9.17) is 11.6 Å². The third kappa shape index (κ3) is 4.01. The van der Waals surface area contributed by atoms with Gasteiger partial charge in [-0.15, -0.1) is 11.3 Å². The fraction of sp³-hybridized carbons (Fsp3) is 0.0952. The minimum Gasteiger partial charge on any atom is -0.326 e. The molecule has 2 heterocycles. The maximum Gasteiger partial charge on any atom is 0.269 e. The lowest BCUT2D eigenvalue weighted by Crippen LogP contribution is -2.52. The summed E-state index contributed by atoms with van der Waals surface area (Å²) in [5.74, 6) is -1.12. The first-order valence-corrected chi connectivity index (χ1v) is 10.1. The molecule has 8 heteroatoms. The van der Waals surface area contributed by atoms with Crippen molar-refractivity contribution < 1.29 is 14.4 Å². The highest BCUT2D eigenvalue weighted by atomic mass is 35.5. The fourth-order valence-electron chi connectivity index (χ4n) is 3.20. The molecule has 0 saturated heterocycles. The first-order valence-electron chi connectivity index (χ1n) is 8.85. The Balaban J connectivity index is 1.63. The van der Waals surface area contributed by atoms with Crippen molar-refractivity contribution in [3.8, 4) is 0 Å². The number of carbonyl (C=O) groups excluding carboxylic acids is 3. The average molecular weight is 426 g/mol. The van der Waals surface area contributed by atoms with Crippen LogP contribution in [0.15, 0.2) is 66.0 Å². The van der Waals surface area contributed by atoms with Gasteiger partial charge >= 0.3 is 0 Å². The predicted octanol–water partition coefficient (Wildman–Crippen LogP) is 4.40. The largest absolute Gasteiger partial charge is 0.326 e. The topological polar surface area (TPSA) is 78.5 Å². The molecule has 29 heavy (non-hydrogen) atoms. The number of nitrogens with one attached hydrogen (secondary N) is 2. The van der Waals surface area contributed by atoms with Crippen LogP contribution in [-0.2, 0) is 9.59 Å². The third-order valence-corrected chi connectivity index (χ3v) is 5.57. The zero-order valence-corrected chi connectivity index (χ0v) is 16.7. The summed E-state index contributed by atoms with van der Waals surface area (Å²) in [5, 5.41) is 7.80. The molecular formula is C21H16ClN3O3S. The number of anilines is 3. The first-order chi connectivity index (χ1) is 14.0. The summed E-state index contributed by atoms with van der Waals surface area (Å²) in [5.41, 5.74) is 1.62. The van der Waals surface area contributed by atoms with Crippen molar-refractivity contribution in [2.75, 3.05) is 15.5 Å². The molecule has 146 valence electrons. The molecule has 0 spiro atoms. The van der Waals surface area contributed by atoms with E-state index in [0.717, 1.165) is 0 Å². The number of nitrogens with zero attached hydrogens (tertiary/aromatic N) is 1. The molecule has 4 rings (SSSR count). The van der Waals surface area contributed by atoms with Crippen molar-refractivity contribution in [1.29, 1.82) is 0 Å². The summed E-state index contributed by atoms with van der Waals surface area (Å²) in [6, 6.07) is 16.3. The number of carbonyl (C=O) groups is 3. The summed E-state index contributed by atoms with van der Waals surface area (Å²) in [6.45, 7) is 0. The summed E-state index contributed by atoms with van der Waals surface area (Å²) in [6.07, 6.45) is -0.191. The van der Waals surface area contributed by atoms with Crippen LogP contribution in [0.1, 0.15) is 16.1 Å². The van der Waals surface area contributed by atoms with E-state index < -0.39 is 17.9 Å². The minimum atomic E-state index is -0.973. The lowest BCUT2D eigenvalue weighted by atomic mass is 10.0. The van der Waals surface area contributed by atoms with E-state index in [2.05, 4.69) is 10.6 Å². The standard InChI is InChI=1S/C21H16ClN3O3S/c22-13-5-3-6-14(11-13)23-19(26)12-17-20(27)24-15-7-1-2-8-16(15)25(17)21(28)18-9-4-10-29-18/h1-11,17H,12H2,(H,23,26)(H,24,27)/t17-/m0/s1. The minimum absolute atomic E-state index is 0.191. The Morgan fingerprint density at radius 1 is 1.10 bits per heavy atom. The number of hydrogen-bond donors (Lipinski definition) is 2. The molecule has 6 nitrogen and oxygen atoms in total. The number of hydrogen-bond acceptors (Lipinski definition) is 4. The zero-order valence-electron chi connectivity index (χ0n) is 15.1. The second kappa shape index (κ2) is 8.06. The first kappa shape index (κ1) is 19.2. The SMILES string of the molecule is O=C(C[C@H]1C(=O)Nc2ccccc2N1C(=O)c1cccs1)Nc1cccc(Cl)c1. The Morgan fingerprint density at radius 3 is 2.69 bits per heavy atom. The van der Waals surface area contributed by atoms with Gasteiger partial charge in [0.2, 0.25) is 11.8 Å². The van der Waals surface area contributed by atoms with Gasteiger partial charge in [0.05, 0.1) is 22.7 Å². The van der Waals surface area contributed by atoms with E-state index in [1.54, 1.807) is 66.0 Å². The van der Waals surface area contributed by atoms with E-state index in [1.165, 1.54) is 16.2 Å². The van der Waals surface area contributed by atoms with Gasteiger partial charge < -0.3 is 10.6 Å². The molecular weight excluding hydrogens is 410 g/mol. The summed E-state index contributed by atoms with van der Waals surface area (Å²) in [7, 11) is 0. The Hall–Kier alpha value is -3.16. The number of fused-ring (bicyclic) bond motifs is 1. The number of halogens is 1. The molecule has 1 aromatic heterocycles. The maximum atomic E-state index is 13.2. The second-order valence-corrected chi connectivity index (χ2v) is 7.82. The molecule has 1 aliphatic rings. The van der Waals surface area contributed by atoms with Gasteiger partial charge in [-0.05, 0) is 41.8 Å². The average Bonchev–Trinajstić information content (AvgIpc) is 3.23. The summed E-state index contributed by atoms with van der Waals surface area (Å²) >= 11 is 7.24. The van der Waals surface area contributed by atoms with E-state index in [1.807, 2.05) is 0 Å². The second-order valence-electron chi connectivity index (χ2n) is 6.44.